The molecule has 0 bridgehead atoms. The monoisotopic (exact) mass is 192 g/mol. The van der Waals surface area contributed by atoms with Gasteiger partial charge in [-0.1, -0.05) is 0 Å². The standard InChI is InChI=1S/C5H7F3O2.ClH/c6-5(7,8)3-1-2-4(9)10;/h1-3H2,(H,9,10);1H. The molecule has 0 fully saturated rings. The minimum Gasteiger partial charge on any atom is -0.481 e. The normalized spacial score (nSPS) is 10.5. The lowest BCUT2D eigenvalue weighted by Crippen LogP contribution is -2.07. The van der Waals surface area contributed by atoms with Gasteiger partial charge >= 0.3 is 12.1 Å². The lowest BCUT2D eigenvalue weighted by Gasteiger charge is -2.02. The molecule has 0 amide bonds. The van der Waals surface area contributed by atoms with Gasteiger partial charge in [0.25, 0.3) is 0 Å². The van der Waals surface area contributed by atoms with Crippen LogP contribution in [0.4, 0.5) is 13.2 Å². The van der Waals surface area contributed by atoms with Crippen molar-refractivity contribution in [2.24, 2.45) is 0 Å². The van der Waals surface area contributed by atoms with Crippen molar-refractivity contribution < 1.29 is 23.1 Å². The molecule has 0 aromatic carbocycles. The molecule has 0 aromatic heterocycles. The van der Waals surface area contributed by atoms with Gasteiger partial charge in [0.15, 0.2) is 0 Å². The Morgan fingerprint density at radius 2 is 1.82 bits per heavy atom. The van der Waals surface area contributed by atoms with Gasteiger partial charge in [-0.05, 0) is 6.42 Å². The predicted molar refractivity (Wildman–Crippen MR) is 34.8 cm³/mol. The van der Waals surface area contributed by atoms with E-state index >= 15 is 0 Å². The molecule has 0 spiro atoms. The van der Waals surface area contributed by atoms with Crippen LogP contribution in [0, 0.1) is 0 Å². The average Bonchev–Trinajstić information content (AvgIpc) is 1.59. The summed E-state index contributed by atoms with van der Waals surface area (Å²) in [5.74, 6) is -1.19. The Kier molecular flexibility index (Phi) is 6.26. The SMILES string of the molecule is Cl.O=C(O)CCCC(F)(F)F. The van der Waals surface area contributed by atoms with Crippen molar-refractivity contribution in [3.05, 3.63) is 0 Å². The smallest absolute Gasteiger partial charge is 0.389 e. The third-order valence-corrected chi connectivity index (χ3v) is 0.851. The van der Waals surface area contributed by atoms with E-state index < -0.39 is 25.0 Å². The number of carboxylic acid groups (broad SMARTS) is 1. The molecule has 11 heavy (non-hydrogen) atoms. The molecule has 0 aliphatic carbocycles. The van der Waals surface area contributed by atoms with Gasteiger partial charge in [-0.25, -0.2) is 0 Å². The molecular formula is C5H8ClF3O2. The van der Waals surface area contributed by atoms with E-state index in [1.165, 1.54) is 0 Å². The Balaban J connectivity index is 0. The van der Waals surface area contributed by atoms with Crippen LogP contribution in [0.5, 0.6) is 0 Å². The maximum atomic E-state index is 11.3. The van der Waals surface area contributed by atoms with Crippen molar-refractivity contribution in [1.82, 2.24) is 0 Å². The Bertz CT molecular complexity index is 123. The Morgan fingerprint density at radius 1 is 1.36 bits per heavy atom. The highest BCUT2D eigenvalue weighted by Crippen LogP contribution is 2.21. The molecule has 0 unspecified atom stereocenters. The van der Waals surface area contributed by atoms with E-state index in [1.807, 2.05) is 0 Å². The summed E-state index contributed by atoms with van der Waals surface area (Å²) in [6.45, 7) is 0. The number of halogens is 4. The molecule has 0 rings (SSSR count). The van der Waals surface area contributed by atoms with E-state index in [4.69, 9.17) is 5.11 Å². The summed E-state index contributed by atoms with van der Waals surface area (Å²) >= 11 is 0. The number of hydrogen-bond acceptors (Lipinski definition) is 1. The van der Waals surface area contributed by atoms with E-state index in [-0.39, 0.29) is 18.8 Å². The Labute approximate surface area is 67.8 Å². The van der Waals surface area contributed by atoms with Crippen molar-refractivity contribution >= 4 is 18.4 Å². The summed E-state index contributed by atoms with van der Waals surface area (Å²) in [6, 6.07) is 0. The molecule has 0 atom stereocenters. The molecule has 0 saturated carbocycles. The zero-order valence-corrected chi connectivity index (χ0v) is 6.34. The van der Waals surface area contributed by atoms with E-state index in [0.717, 1.165) is 0 Å². The summed E-state index contributed by atoms with van der Waals surface area (Å²) < 4.78 is 33.9. The zero-order chi connectivity index (χ0) is 8.20. The molecule has 0 aliphatic rings. The van der Waals surface area contributed by atoms with Crippen molar-refractivity contribution in [2.75, 3.05) is 0 Å². The van der Waals surface area contributed by atoms with Crippen LogP contribution in [0.2, 0.25) is 0 Å². The first-order valence-corrected chi connectivity index (χ1v) is 2.70. The van der Waals surface area contributed by atoms with E-state index in [2.05, 4.69) is 0 Å². The summed E-state index contributed by atoms with van der Waals surface area (Å²) in [5, 5.41) is 7.94. The minimum atomic E-state index is -4.23. The molecule has 0 aliphatic heterocycles. The molecule has 68 valence electrons. The fourth-order valence-electron chi connectivity index (χ4n) is 0.440. The molecule has 0 aromatic rings. The average molecular weight is 193 g/mol. The predicted octanol–water partition coefficient (Wildman–Crippen LogP) is 2.23. The van der Waals surface area contributed by atoms with E-state index in [0.29, 0.717) is 0 Å². The second-order valence-electron chi connectivity index (χ2n) is 1.86. The van der Waals surface area contributed by atoms with Crippen molar-refractivity contribution in [3.63, 3.8) is 0 Å². The van der Waals surface area contributed by atoms with Gasteiger partial charge in [0.2, 0.25) is 0 Å². The maximum Gasteiger partial charge on any atom is 0.389 e. The summed E-state index contributed by atoms with van der Waals surface area (Å²) in [4.78, 5) is 9.72. The number of rotatable bonds is 3. The van der Waals surface area contributed by atoms with Crippen LogP contribution in [0.3, 0.4) is 0 Å². The Morgan fingerprint density at radius 3 is 2.09 bits per heavy atom. The van der Waals surface area contributed by atoms with Gasteiger partial charge in [0.05, 0.1) is 0 Å². The number of hydrogen-bond donors (Lipinski definition) is 1. The molecule has 0 saturated heterocycles. The van der Waals surface area contributed by atoms with Gasteiger partial charge < -0.3 is 5.11 Å². The first-order valence-electron chi connectivity index (χ1n) is 2.70. The maximum absolute atomic E-state index is 11.3. The fraction of sp³-hybridized carbons (Fsp3) is 0.800. The van der Waals surface area contributed by atoms with Crippen LogP contribution in [-0.2, 0) is 4.79 Å². The van der Waals surface area contributed by atoms with Gasteiger partial charge in [-0.15, -0.1) is 12.4 Å². The van der Waals surface area contributed by atoms with Crippen LogP contribution in [0.25, 0.3) is 0 Å². The lowest BCUT2D eigenvalue weighted by molar-refractivity contribution is -0.142. The van der Waals surface area contributed by atoms with Crippen LogP contribution in [-0.4, -0.2) is 17.3 Å². The number of alkyl halides is 3. The third-order valence-electron chi connectivity index (χ3n) is 0.851. The molecule has 0 radical (unpaired) electrons. The zero-order valence-electron chi connectivity index (χ0n) is 5.52. The van der Waals surface area contributed by atoms with Crippen LogP contribution in [0.15, 0.2) is 0 Å². The topological polar surface area (TPSA) is 37.3 Å². The summed E-state index contributed by atoms with van der Waals surface area (Å²) in [6.07, 6.45) is -5.99. The largest absolute Gasteiger partial charge is 0.481 e. The van der Waals surface area contributed by atoms with Crippen LogP contribution in [0.1, 0.15) is 19.3 Å². The van der Waals surface area contributed by atoms with E-state index in [9.17, 15) is 18.0 Å². The molecule has 6 heteroatoms. The second kappa shape index (κ2) is 5.23. The Hall–Kier alpha value is -0.450. The van der Waals surface area contributed by atoms with E-state index in [1.54, 1.807) is 0 Å². The van der Waals surface area contributed by atoms with Crippen molar-refractivity contribution in [3.8, 4) is 0 Å². The van der Waals surface area contributed by atoms with Crippen molar-refractivity contribution in [2.45, 2.75) is 25.4 Å². The highest BCUT2D eigenvalue weighted by Gasteiger charge is 2.26. The quantitative estimate of drug-likeness (QED) is 0.745. The molecule has 0 heterocycles. The first-order chi connectivity index (χ1) is 4.42. The van der Waals surface area contributed by atoms with Gasteiger partial charge in [-0.2, -0.15) is 13.2 Å². The fourth-order valence-corrected chi connectivity index (χ4v) is 0.440. The van der Waals surface area contributed by atoms with Gasteiger partial charge in [0, 0.05) is 12.8 Å². The second-order valence-corrected chi connectivity index (χ2v) is 1.86. The number of aliphatic carboxylic acids is 1. The summed E-state index contributed by atoms with van der Waals surface area (Å²) in [7, 11) is 0. The number of carboxylic acids is 1. The molecule has 2 nitrogen and oxygen atoms in total. The lowest BCUT2D eigenvalue weighted by atomic mass is 10.2. The van der Waals surface area contributed by atoms with Gasteiger partial charge in [0.1, 0.15) is 0 Å². The minimum absolute atomic E-state index is 0. The van der Waals surface area contributed by atoms with Crippen molar-refractivity contribution in [1.29, 1.82) is 0 Å². The molecular weight excluding hydrogens is 184 g/mol. The molecule has 1 N–H and O–H groups in total. The first kappa shape index (κ1) is 13.2. The van der Waals surface area contributed by atoms with Crippen LogP contribution >= 0.6 is 12.4 Å². The van der Waals surface area contributed by atoms with Crippen LogP contribution < -0.4 is 0 Å². The highest BCUT2D eigenvalue weighted by molar-refractivity contribution is 5.85. The van der Waals surface area contributed by atoms with Gasteiger partial charge in [-0.3, -0.25) is 4.79 Å². The highest BCUT2D eigenvalue weighted by atomic mass is 35.5. The number of carbonyl (C=O) groups is 1. The summed E-state index contributed by atoms with van der Waals surface area (Å²) in [5.41, 5.74) is 0. The third kappa shape index (κ3) is 12.7.